The van der Waals surface area contributed by atoms with Crippen LogP contribution in [0.4, 0.5) is 14.6 Å². The van der Waals surface area contributed by atoms with Crippen LogP contribution in [0.3, 0.4) is 0 Å². The van der Waals surface area contributed by atoms with Crippen molar-refractivity contribution in [1.29, 1.82) is 0 Å². The van der Waals surface area contributed by atoms with Crippen molar-refractivity contribution in [3.63, 3.8) is 0 Å². The molecule has 0 aliphatic heterocycles. The first-order valence-corrected chi connectivity index (χ1v) is 5.56. The van der Waals surface area contributed by atoms with Gasteiger partial charge in [-0.05, 0) is 22.9 Å². The number of aromatic nitrogens is 1. The fourth-order valence-corrected chi connectivity index (χ4v) is 1.52. The van der Waals surface area contributed by atoms with Gasteiger partial charge >= 0.3 is 18.2 Å². The zero-order valence-corrected chi connectivity index (χ0v) is 10.8. The highest BCUT2D eigenvalue weighted by Gasteiger charge is 2.29. The minimum Gasteiger partial charge on any atom is -0.489 e. The first-order chi connectivity index (χ1) is 9.40. The summed E-state index contributed by atoms with van der Waals surface area (Å²) in [6.45, 7) is 1.67. The summed E-state index contributed by atoms with van der Waals surface area (Å²) in [5.41, 5.74) is -0.994. The Hall–Kier alpha value is -2.32. The molecule has 0 saturated heterocycles. The Labute approximate surface area is 112 Å². The minimum atomic E-state index is -3.05. The van der Waals surface area contributed by atoms with E-state index in [2.05, 4.69) is 9.72 Å². The first-order valence-electron chi connectivity index (χ1n) is 5.56. The van der Waals surface area contributed by atoms with Crippen LogP contribution in [0.1, 0.15) is 24.6 Å². The van der Waals surface area contributed by atoms with E-state index in [1.807, 2.05) is 0 Å². The SMILES string of the molecule is CCOC(=O)Cc1cc(OC)c([N+](=O)[O-])nc1C(F)F. The summed E-state index contributed by atoms with van der Waals surface area (Å²) in [4.78, 5) is 24.4. The summed E-state index contributed by atoms with van der Waals surface area (Å²) < 4.78 is 35.1. The number of esters is 1. The van der Waals surface area contributed by atoms with Crippen LogP contribution in [0.15, 0.2) is 6.07 Å². The predicted molar refractivity (Wildman–Crippen MR) is 62.7 cm³/mol. The normalized spacial score (nSPS) is 10.4. The molecule has 0 N–H and O–H groups in total. The molecule has 0 aromatic carbocycles. The molecule has 0 amide bonds. The van der Waals surface area contributed by atoms with Crippen molar-refractivity contribution in [3.8, 4) is 5.75 Å². The molecule has 0 aliphatic carbocycles. The Morgan fingerprint density at radius 1 is 1.55 bits per heavy atom. The maximum Gasteiger partial charge on any atom is 0.406 e. The Kier molecular flexibility index (Phi) is 5.30. The highest BCUT2D eigenvalue weighted by Crippen LogP contribution is 2.31. The molecule has 0 unspecified atom stereocenters. The highest BCUT2D eigenvalue weighted by molar-refractivity contribution is 5.73. The maximum absolute atomic E-state index is 12.9. The molecule has 7 nitrogen and oxygen atoms in total. The van der Waals surface area contributed by atoms with Gasteiger partial charge in [0.05, 0.1) is 20.1 Å². The maximum atomic E-state index is 12.9. The van der Waals surface area contributed by atoms with E-state index < -0.39 is 35.3 Å². The molecule has 0 bridgehead atoms. The number of carbonyl (C=O) groups excluding carboxylic acids is 1. The van der Waals surface area contributed by atoms with Crippen molar-refractivity contribution in [2.75, 3.05) is 13.7 Å². The lowest BCUT2D eigenvalue weighted by Crippen LogP contribution is -2.12. The Morgan fingerprint density at radius 2 is 2.20 bits per heavy atom. The van der Waals surface area contributed by atoms with Gasteiger partial charge in [-0.3, -0.25) is 4.79 Å². The zero-order valence-electron chi connectivity index (χ0n) is 10.8. The number of carbonyl (C=O) groups is 1. The van der Waals surface area contributed by atoms with Gasteiger partial charge in [0, 0.05) is 5.56 Å². The summed E-state index contributed by atoms with van der Waals surface area (Å²) in [5, 5.41) is 10.7. The molecular formula is C11H12F2N2O5. The molecule has 0 spiro atoms. The van der Waals surface area contributed by atoms with Crippen LogP contribution in [-0.4, -0.2) is 29.6 Å². The van der Waals surface area contributed by atoms with Gasteiger partial charge < -0.3 is 19.6 Å². The molecule has 1 aromatic heterocycles. The Bertz CT molecular complexity index is 522. The number of nitrogens with zero attached hydrogens (tertiary/aromatic N) is 2. The number of methoxy groups -OCH3 is 1. The molecular weight excluding hydrogens is 278 g/mol. The lowest BCUT2D eigenvalue weighted by Gasteiger charge is -2.08. The standard InChI is InChI=1S/C11H12F2N2O5/c1-3-20-8(16)5-6-4-7(19-2)11(15(17)18)14-9(6)10(12)13/h4,10H,3,5H2,1-2H3. The van der Waals surface area contributed by atoms with Crippen LogP contribution < -0.4 is 4.74 Å². The summed E-state index contributed by atoms with van der Waals surface area (Å²) in [6.07, 6.45) is -3.52. The number of pyridine rings is 1. The number of ether oxygens (including phenoxy) is 2. The molecule has 110 valence electrons. The van der Waals surface area contributed by atoms with Crippen molar-refractivity contribution in [3.05, 3.63) is 27.4 Å². The van der Waals surface area contributed by atoms with Crippen LogP contribution in [0.5, 0.6) is 5.75 Å². The van der Waals surface area contributed by atoms with Crippen LogP contribution in [0.25, 0.3) is 0 Å². The lowest BCUT2D eigenvalue weighted by molar-refractivity contribution is -0.390. The molecule has 1 heterocycles. The second-order valence-electron chi connectivity index (χ2n) is 3.60. The fourth-order valence-electron chi connectivity index (χ4n) is 1.52. The van der Waals surface area contributed by atoms with Crippen LogP contribution in [-0.2, 0) is 16.0 Å². The van der Waals surface area contributed by atoms with E-state index in [0.29, 0.717) is 0 Å². The van der Waals surface area contributed by atoms with Gasteiger partial charge in [0.25, 0.3) is 0 Å². The molecule has 0 fully saturated rings. The number of hydrogen-bond acceptors (Lipinski definition) is 6. The van der Waals surface area contributed by atoms with Crippen molar-refractivity contribution in [2.24, 2.45) is 0 Å². The van der Waals surface area contributed by atoms with Crippen LogP contribution in [0.2, 0.25) is 0 Å². The molecule has 20 heavy (non-hydrogen) atoms. The topological polar surface area (TPSA) is 91.6 Å². The minimum absolute atomic E-state index is 0.0976. The number of rotatable bonds is 6. The van der Waals surface area contributed by atoms with Crippen molar-refractivity contribution >= 4 is 11.8 Å². The van der Waals surface area contributed by atoms with E-state index in [9.17, 15) is 23.7 Å². The number of nitro groups is 1. The number of alkyl halides is 2. The molecule has 1 aromatic rings. The Morgan fingerprint density at radius 3 is 2.65 bits per heavy atom. The summed E-state index contributed by atoms with van der Waals surface area (Å²) in [7, 11) is 1.14. The molecule has 0 aliphatic rings. The third-order valence-electron chi connectivity index (χ3n) is 2.32. The predicted octanol–water partition coefficient (Wildman–Crippen LogP) is 2.04. The summed E-state index contributed by atoms with van der Waals surface area (Å²) >= 11 is 0. The van der Waals surface area contributed by atoms with E-state index >= 15 is 0 Å². The first kappa shape index (κ1) is 15.7. The number of hydrogen-bond donors (Lipinski definition) is 0. The lowest BCUT2D eigenvalue weighted by atomic mass is 10.1. The van der Waals surface area contributed by atoms with Gasteiger partial charge in [-0.2, -0.15) is 0 Å². The third-order valence-corrected chi connectivity index (χ3v) is 2.32. The largest absolute Gasteiger partial charge is 0.489 e. The van der Waals surface area contributed by atoms with E-state index in [1.54, 1.807) is 6.92 Å². The van der Waals surface area contributed by atoms with Gasteiger partial charge in [-0.25, -0.2) is 8.78 Å². The van der Waals surface area contributed by atoms with Gasteiger partial charge in [0.15, 0.2) is 0 Å². The summed E-state index contributed by atoms with van der Waals surface area (Å²) in [5.74, 6) is -1.85. The second-order valence-corrected chi connectivity index (χ2v) is 3.60. The molecule has 0 radical (unpaired) electrons. The monoisotopic (exact) mass is 290 g/mol. The van der Waals surface area contributed by atoms with Crippen LogP contribution in [0, 0.1) is 10.1 Å². The Balaban J connectivity index is 3.27. The highest BCUT2D eigenvalue weighted by atomic mass is 19.3. The van der Waals surface area contributed by atoms with Gasteiger partial charge in [-0.1, -0.05) is 0 Å². The third kappa shape index (κ3) is 3.59. The van der Waals surface area contributed by atoms with Gasteiger partial charge in [0.1, 0.15) is 0 Å². The average Bonchev–Trinajstić information content (AvgIpc) is 2.37. The van der Waals surface area contributed by atoms with Gasteiger partial charge in [0.2, 0.25) is 11.4 Å². The molecule has 1 rings (SSSR count). The van der Waals surface area contributed by atoms with Crippen LogP contribution >= 0.6 is 0 Å². The average molecular weight is 290 g/mol. The second kappa shape index (κ2) is 6.73. The van der Waals surface area contributed by atoms with E-state index in [-0.39, 0.29) is 17.9 Å². The van der Waals surface area contributed by atoms with Crippen molar-refractivity contribution in [2.45, 2.75) is 19.8 Å². The summed E-state index contributed by atoms with van der Waals surface area (Å²) in [6, 6.07) is 1.00. The van der Waals surface area contributed by atoms with Gasteiger partial charge in [-0.15, -0.1) is 0 Å². The zero-order chi connectivity index (χ0) is 15.3. The smallest absolute Gasteiger partial charge is 0.406 e. The molecule has 0 atom stereocenters. The van der Waals surface area contributed by atoms with E-state index in [4.69, 9.17) is 4.74 Å². The van der Waals surface area contributed by atoms with E-state index in [0.717, 1.165) is 13.2 Å². The van der Waals surface area contributed by atoms with E-state index in [1.165, 1.54) is 0 Å². The van der Waals surface area contributed by atoms with Crippen molar-refractivity contribution in [1.82, 2.24) is 4.98 Å². The quantitative estimate of drug-likeness (QED) is 0.452. The fraction of sp³-hybridized carbons (Fsp3) is 0.455. The molecule has 0 saturated carbocycles. The molecule has 9 heteroatoms. The van der Waals surface area contributed by atoms with Crippen molar-refractivity contribution < 1.29 is 28.0 Å². The number of halogens is 2.